The molecule has 1 atom stereocenters. The molecule has 0 radical (unpaired) electrons. The molecule has 2 rings (SSSR count). The van der Waals surface area contributed by atoms with Crippen LogP contribution in [0.3, 0.4) is 0 Å². The first-order chi connectivity index (χ1) is 11.1. The third-order valence-electron chi connectivity index (χ3n) is 4.07. The number of carbonyl (C=O) groups excluding carboxylic acids is 2. The molecule has 3 N–H and O–H groups in total. The molecule has 7 heteroatoms. The topological polar surface area (TPSA) is 88.0 Å². The van der Waals surface area contributed by atoms with Crippen LogP contribution in [-0.2, 0) is 17.9 Å². The van der Waals surface area contributed by atoms with Crippen LogP contribution < -0.4 is 16.0 Å². The van der Waals surface area contributed by atoms with E-state index < -0.39 is 6.04 Å². The van der Waals surface area contributed by atoms with Crippen molar-refractivity contribution in [2.24, 2.45) is 0 Å². The van der Waals surface area contributed by atoms with Gasteiger partial charge in [0, 0.05) is 31.4 Å². The predicted molar refractivity (Wildman–Crippen MR) is 87.9 cm³/mol. The zero-order valence-electron chi connectivity index (χ0n) is 14.0. The number of aromatic nitrogens is 2. The summed E-state index contributed by atoms with van der Waals surface area (Å²) in [4.78, 5) is 23.8. The van der Waals surface area contributed by atoms with Gasteiger partial charge in [-0.2, -0.15) is 5.10 Å². The lowest BCUT2D eigenvalue weighted by Gasteiger charge is -2.15. The summed E-state index contributed by atoms with van der Waals surface area (Å²) < 4.78 is 1.92. The first kappa shape index (κ1) is 17.3. The largest absolute Gasteiger partial charge is 0.354 e. The normalized spacial score (nSPS) is 18.2. The van der Waals surface area contributed by atoms with E-state index >= 15 is 0 Å². The lowest BCUT2D eigenvalue weighted by molar-refractivity contribution is -0.122. The first-order valence-corrected chi connectivity index (χ1v) is 8.45. The van der Waals surface area contributed by atoms with Gasteiger partial charge in [-0.1, -0.05) is 13.3 Å². The number of aryl methyl sites for hydroxylation is 2. The number of hydrogen-bond donors (Lipinski definition) is 3. The standard InChI is InChI=1S/C16H27N5O2/c1-3-4-9-21-11-13(12(2)20-21)10-18-16(23)19-14-7-5-6-8-17-15(14)22/h11,14H,3-10H2,1-2H3,(H,17,22)(H2,18,19,23)/t14-/m0/s1. The fraction of sp³-hybridized carbons (Fsp3) is 0.688. The van der Waals surface area contributed by atoms with Crippen LogP contribution in [-0.4, -0.2) is 34.3 Å². The number of unbranched alkanes of at least 4 members (excludes halogenated alkanes) is 1. The van der Waals surface area contributed by atoms with E-state index in [4.69, 9.17) is 0 Å². The van der Waals surface area contributed by atoms with Crippen molar-refractivity contribution < 1.29 is 9.59 Å². The fourth-order valence-corrected chi connectivity index (χ4v) is 2.63. The van der Waals surface area contributed by atoms with Crippen LogP contribution >= 0.6 is 0 Å². The number of nitrogens with one attached hydrogen (secondary N) is 3. The molecular weight excluding hydrogens is 294 g/mol. The number of nitrogens with zero attached hydrogens (tertiary/aromatic N) is 2. The van der Waals surface area contributed by atoms with E-state index in [9.17, 15) is 9.59 Å². The molecule has 0 bridgehead atoms. The Morgan fingerprint density at radius 3 is 3.09 bits per heavy atom. The summed E-state index contributed by atoms with van der Waals surface area (Å²) in [6.07, 6.45) is 6.77. The third kappa shape index (κ3) is 5.26. The molecule has 1 aliphatic heterocycles. The summed E-state index contributed by atoms with van der Waals surface area (Å²) in [5, 5.41) is 12.8. The van der Waals surface area contributed by atoms with Gasteiger partial charge in [-0.3, -0.25) is 9.48 Å². The van der Waals surface area contributed by atoms with E-state index in [-0.39, 0.29) is 11.9 Å². The Morgan fingerprint density at radius 1 is 1.48 bits per heavy atom. The molecule has 7 nitrogen and oxygen atoms in total. The first-order valence-electron chi connectivity index (χ1n) is 8.45. The van der Waals surface area contributed by atoms with Gasteiger partial charge in [0.15, 0.2) is 0 Å². The molecule has 1 aliphatic rings. The summed E-state index contributed by atoms with van der Waals surface area (Å²) in [5.74, 6) is -0.0961. The van der Waals surface area contributed by atoms with Crippen LogP contribution in [0.4, 0.5) is 4.79 Å². The van der Waals surface area contributed by atoms with E-state index in [1.807, 2.05) is 17.8 Å². The molecule has 2 heterocycles. The molecule has 128 valence electrons. The Morgan fingerprint density at radius 2 is 2.30 bits per heavy atom. The van der Waals surface area contributed by atoms with Gasteiger partial charge in [-0.25, -0.2) is 4.79 Å². The van der Waals surface area contributed by atoms with Crippen molar-refractivity contribution >= 4 is 11.9 Å². The van der Waals surface area contributed by atoms with Gasteiger partial charge in [0.05, 0.1) is 5.69 Å². The van der Waals surface area contributed by atoms with Gasteiger partial charge in [-0.15, -0.1) is 0 Å². The average molecular weight is 321 g/mol. The van der Waals surface area contributed by atoms with Crippen molar-refractivity contribution in [1.82, 2.24) is 25.7 Å². The maximum absolute atomic E-state index is 12.0. The lowest BCUT2D eigenvalue weighted by atomic mass is 10.1. The molecule has 23 heavy (non-hydrogen) atoms. The zero-order chi connectivity index (χ0) is 16.7. The molecule has 0 saturated carbocycles. The number of urea groups is 1. The minimum absolute atomic E-state index is 0.0961. The van der Waals surface area contributed by atoms with Gasteiger partial charge >= 0.3 is 6.03 Å². The highest BCUT2D eigenvalue weighted by Gasteiger charge is 2.22. The van der Waals surface area contributed by atoms with E-state index in [1.165, 1.54) is 0 Å². The third-order valence-corrected chi connectivity index (χ3v) is 4.07. The molecule has 1 fully saturated rings. The molecule has 1 saturated heterocycles. The van der Waals surface area contributed by atoms with Crippen molar-refractivity contribution in [3.63, 3.8) is 0 Å². The molecule has 0 unspecified atom stereocenters. The van der Waals surface area contributed by atoms with Crippen LogP contribution in [0.25, 0.3) is 0 Å². The van der Waals surface area contributed by atoms with E-state index in [0.29, 0.717) is 19.5 Å². The van der Waals surface area contributed by atoms with Crippen LogP contribution in [0.1, 0.15) is 50.3 Å². The monoisotopic (exact) mass is 321 g/mol. The second-order valence-corrected chi connectivity index (χ2v) is 6.02. The van der Waals surface area contributed by atoms with Crippen molar-refractivity contribution in [2.45, 2.75) is 65.1 Å². The Labute approximate surface area is 137 Å². The van der Waals surface area contributed by atoms with Crippen LogP contribution in [0.15, 0.2) is 6.20 Å². The Bertz CT molecular complexity index is 541. The van der Waals surface area contributed by atoms with Gasteiger partial charge in [-0.05, 0) is 32.6 Å². The van der Waals surface area contributed by atoms with Crippen LogP contribution in [0.5, 0.6) is 0 Å². The van der Waals surface area contributed by atoms with Crippen molar-refractivity contribution in [2.75, 3.05) is 6.54 Å². The molecule has 1 aromatic rings. The smallest absolute Gasteiger partial charge is 0.315 e. The number of amides is 3. The minimum atomic E-state index is -0.439. The highest BCUT2D eigenvalue weighted by Crippen LogP contribution is 2.07. The van der Waals surface area contributed by atoms with E-state index in [2.05, 4.69) is 28.0 Å². The van der Waals surface area contributed by atoms with E-state index in [0.717, 1.165) is 43.5 Å². The summed E-state index contributed by atoms with van der Waals surface area (Å²) in [6.45, 7) is 6.08. The van der Waals surface area contributed by atoms with Crippen molar-refractivity contribution in [3.8, 4) is 0 Å². The summed E-state index contributed by atoms with van der Waals surface area (Å²) in [6, 6.07) is -0.751. The second kappa shape index (κ2) is 8.55. The highest BCUT2D eigenvalue weighted by atomic mass is 16.2. The summed E-state index contributed by atoms with van der Waals surface area (Å²) in [7, 11) is 0. The summed E-state index contributed by atoms with van der Waals surface area (Å²) in [5.41, 5.74) is 1.93. The van der Waals surface area contributed by atoms with Gasteiger partial charge in [0.2, 0.25) is 5.91 Å². The zero-order valence-corrected chi connectivity index (χ0v) is 14.0. The molecule has 3 amide bonds. The van der Waals surface area contributed by atoms with Crippen molar-refractivity contribution in [3.05, 3.63) is 17.5 Å². The predicted octanol–water partition coefficient (Wildman–Crippen LogP) is 1.46. The molecule has 0 spiro atoms. The van der Waals surface area contributed by atoms with Gasteiger partial charge < -0.3 is 16.0 Å². The summed E-state index contributed by atoms with van der Waals surface area (Å²) >= 11 is 0. The molecule has 0 aromatic carbocycles. The second-order valence-electron chi connectivity index (χ2n) is 6.02. The Balaban J connectivity index is 1.81. The molecule has 1 aromatic heterocycles. The Kier molecular flexibility index (Phi) is 6.43. The Hall–Kier alpha value is -2.05. The van der Waals surface area contributed by atoms with Crippen LogP contribution in [0.2, 0.25) is 0 Å². The van der Waals surface area contributed by atoms with Crippen LogP contribution in [0, 0.1) is 6.92 Å². The SMILES string of the molecule is CCCCn1cc(CNC(=O)N[C@H]2CCCCNC2=O)c(C)n1. The molecule has 0 aliphatic carbocycles. The molecular formula is C16H27N5O2. The fourth-order valence-electron chi connectivity index (χ4n) is 2.63. The number of rotatable bonds is 6. The highest BCUT2D eigenvalue weighted by molar-refractivity contribution is 5.87. The van der Waals surface area contributed by atoms with Crippen molar-refractivity contribution in [1.29, 1.82) is 0 Å². The van der Waals surface area contributed by atoms with E-state index in [1.54, 1.807) is 0 Å². The lowest BCUT2D eigenvalue weighted by Crippen LogP contribution is -2.48. The minimum Gasteiger partial charge on any atom is -0.354 e. The number of carbonyl (C=O) groups is 2. The average Bonchev–Trinajstić information content (AvgIpc) is 2.76. The quantitative estimate of drug-likeness (QED) is 0.741. The maximum atomic E-state index is 12.0. The van der Waals surface area contributed by atoms with Gasteiger partial charge in [0.1, 0.15) is 6.04 Å². The number of hydrogen-bond acceptors (Lipinski definition) is 3. The van der Waals surface area contributed by atoms with Gasteiger partial charge in [0.25, 0.3) is 0 Å². The maximum Gasteiger partial charge on any atom is 0.315 e.